The molecule has 1 N–H and O–H groups in total. The van der Waals surface area contributed by atoms with E-state index in [1.54, 1.807) is 0 Å². The van der Waals surface area contributed by atoms with Crippen LogP contribution in [0.2, 0.25) is 0 Å². The molecule has 1 amide bonds. The number of hydrogen-bond donors (Lipinski definition) is 1. The van der Waals surface area contributed by atoms with Gasteiger partial charge in [0.2, 0.25) is 9.67 Å². The summed E-state index contributed by atoms with van der Waals surface area (Å²) in [6.07, 6.45) is -3.63. The van der Waals surface area contributed by atoms with Crippen molar-refractivity contribution in [2.75, 3.05) is 0 Å². The lowest BCUT2D eigenvalue weighted by molar-refractivity contribution is -0.137. The molecular formula is C15H9Cl3F3N3O2. The largest absolute Gasteiger partial charge is 0.439 e. The van der Waals surface area contributed by atoms with Crippen LogP contribution in [0.4, 0.5) is 13.2 Å². The Morgan fingerprint density at radius 3 is 2.50 bits per heavy atom. The molecule has 0 bridgehead atoms. The van der Waals surface area contributed by atoms with Crippen molar-refractivity contribution in [3.8, 4) is 11.6 Å². The average molecular weight is 427 g/mol. The fourth-order valence-corrected chi connectivity index (χ4v) is 1.82. The molecular weight excluding hydrogens is 418 g/mol. The number of carbonyl (C=O) groups excluding carboxylic acids is 1. The van der Waals surface area contributed by atoms with Crippen LogP contribution >= 0.6 is 34.8 Å². The van der Waals surface area contributed by atoms with Crippen LogP contribution in [0.15, 0.2) is 47.6 Å². The molecule has 2 aromatic rings. The summed E-state index contributed by atoms with van der Waals surface area (Å²) >= 11 is 16.3. The molecule has 26 heavy (non-hydrogen) atoms. The minimum atomic E-state index is -4.50. The monoisotopic (exact) mass is 425 g/mol. The number of hydrazone groups is 1. The van der Waals surface area contributed by atoms with Gasteiger partial charge in [-0.2, -0.15) is 18.3 Å². The molecule has 0 atom stereocenters. The quantitative estimate of drug-likeness (QED) is 0.426. The Morgan fingerprint density at radius 1 is 1.15 bits per heavy atom. The SMILES string of the molecule is O=C(NN=CC(Cl)(Cl)Cl)c1cccc(Oc2cccc(C(F)(F)F)c2)n1. The zero-order chi connectivity index (χ0) is 19.4. The summed E-state index contributed by atoms with van der Waals surface area (Å²) in [6, 6.07) is 8.41. The van der Waals surface area contributed by atoms with Gasteiger partial charge in [0, 0.05) is 6.07 Å². The molecule has 138 valence electrons. The van der Waals surface area contributed by atoms with E-state index in [0.717, 1.165) is 18.3 Å². The number of ether oxygens (including phenoxy) is 1. The Balaban J connectivity index is 2.12. The van der Waals surface area contributed by atoms with Gasteiger partial charge in [-0.1, -0.05) is 46.9 Å². The summed E-state index contributed by atoms with van der Waals surface area (Å²) in [6.45, 7) is 0. The molecule has 0 spiro atoms. The summed E-state index contributed by atoms with van der Waals surface area (Å²) in [5.41, 5.74) is 1.11. The minimum absolute atomic E-state index is 0.0812. The van der Waals surface area contributed by atoms with Crippen molar-refractivity contribution in [2.45, 2.75) is 9.97 Å². The molecule has 1 heterocycles. The van der Waals surface area contributed by atoms with Crippen molar-refractivity contribution in [2.24, 2.45) is 5.10 Å². The van der Waals surface area contributed by atoms with Gasteiger partial charge in [-0.05, 0) is 24.3 Å². The second-order valence-corrected chi connectivity index (χ2v) is 7.10. The Hall–Kier alpha value is -2.03. The van der Waals surface area contributed by atoms with Crippen LogP contribution < -0.4 is 10.2 Å². The second kappa shape index (κ2) is 8.11. The lowest BCUT2D eigenvalue weighted by Crippen LogP contribution is -2.20. The van der Waals surface area contributed by atoms with E-state index in [4.69, 9.17) is 39.5 Å². The zero-order valence-electron chi connectivity index (χ0n) is 12.6. The first kappa shape index (κ1) is 20.3. The van der Waals surface area contributed by atoms with Gasteiger partial charge >= 0.3 is 6.18 Å². The van der Waals surface area contributed by atoms with E-state index < -0.39 is 21.4 Å². The molecule has 0 unspecified atom stereocenters. The standard InChI is InChI=1S/C15H9Cl3F3N3O2/c16-14(17,18)8-22-24-13(25)11-5-2-6-12(23-11)26-10-4-1-3-9(7-10)15(19,20)21/h1-8H,(H,24,25). The van der Waals surface area contributed by atoms with E-state index in [2.05, 4.69) is 15.5 Å². The maximum Gasteiger partial charge on any atom is 0.416 e. The van der Waals surface area contributed by atoms with E-state index in [0.29, 0.717) is 0 Å². The second-order valence-electron chi connectivity index (χ2n) is 4.73. The first-order chi connectivity index (χ1) is 12.0. The van der Waals surface area contributed by atoms with Gasteiger partial charge in [-0.3, -0.25) is 4.79 Å². The van der Waals surface area contributed by atoms with Gasteiger partial charge in [0.1, 0.15) is 11.4 Å². The first-order valence-corrected chi connectivity index (χ1v) is 7.91. The van der Waals surface area contributed by atoms with Crippen molar-refractivity contribution in [1.29, 1.82) is 0 Å². The fourth-order valence-electron chi connectivity index (χ4n) is 1.68. The number of aromatic nitrogens is 1. The van der Waals surface area contributed by atoms with Crippen LogP contribution in [-0.4, -0.2) is 20.9 Å². The summed E-state index contributed by atoms with van der Waals surface area (Å²) in [7, 11) is 0. The molecule has 0 aliphatic rings. The van der Waals surface area contributed by atoms with Crippen LogP contribution in [0, 0.1) is 0 Å². The normalized spacial score (nSPS) is 12.2. The van der Waals surface area contributed by atoms with E-state index in [1.807, 2.05) is 0 Å². The third kappa shape index (κ3) is 6.36. The molecule has 0 fully saturated rings. The molecule has 0 aliphatic heterocycles. The maximum atomic E-state index is 12.7. The summed E-state index contributed by atoms with van der Waals surface area (Å²) in [5.74, 6) is -0.897. The fraction of sp³-hybridized carbons (Fsp3) is 0.133. The lowest BCUT2D eigenvalue weighted by atomic mass is 10.2. The lowest BCUT2D eigenvalue weighted by Gasteiger charge is -2.10. The average Bonchev–Trinajstić information content (AvgIpc) is 2.53. The number of halogens is 6. The molecule has 5 nitrogen and oxygen atoms in total. The predicted molar refractivity (Wildman–Crippen MR) is 92.0 cm³/mol. The number of pyridine rings is 1. The number of benzene rings is 1. The number of nitrogens with one attached hydrogen (secondary N) is 1. The number of amides is 1. The number of nitrogens with zero attached hydrogens (tertiary/aromatic N) is 2. The third-order valence-corrected chi connectivity index (χ3v) is 3.01. The van der Waals surface area contributed by atoms with E-state index in [1.165, 1.54) is 30.3 Å². The Bertz CT molecular complexity index is 824. The number of carbonyl (C=O) groups is 1. The Labute approximate surface area is 160 Å². The summed E-state index contributed by atoms with van der Waals surface area (Å²) < 4.78 is 41.6. The molecule has 0 saturated heterocycles. The molecule has 1 aromatic heterocycles. The molecule has 2 rings (SSSR count). The van der Waals surface area contributed by atoms with Gasteiger partial charge in [-0.25, -0.2) is 10.4 Å². The molecule has 0 saturated carbocycles. The molecule has 0 radical (unpaired) electrons. The number of rotatable bonds is 4. The highest BCUT2D eigenvalue weighted by Crippen LogP contribution is 2.32. The van der Waals surface area contributed by atoms with E-state index >= 15 is 0 Å². The van der Waals surface area contributed by atoms with Crippen LogP contribution in [0.25, 0.3) is 0 Å². The van der Waals surface area contributed by atoms with Crippen LogP contribution in [0.3, 0.4) is 0 Å². The first-order valence-electron chi connectivity index (χ1n) is 6.78. The van der Waals surface area contributed by atoms with Crippen LogP contribution in [0.5, 0.6) is 11.6 Å². The highest BCUT2D eigenvalue weighted by Gasteiger charge is 2.30. The van der Waals surface area contributed by atoms with Crippen LogP contribution in [-0.2, 0) is 6.18 Å². The van der Waals surface area contributed by atoms with Gasteiger partial charge in [0.15, 0.2) is 0 Å². The number of hydrogen-bond acceptors (Lipinski definition) is 4. The minimum Gasteiger partial charge on any atom is -0.439 e. The van der Waals surface area contributed by atoms with Gasteiger partial charge in [-0.15, -0.1) is 0 Å². The van der Waals surface area contributed by atoms with Crippen molar-refractivity contribution in [1.82, 2.24) is 10.4 Å². The Kier molecular flexibility index (Phi) is 6.33. The van der Waals surface area contributed by atoms with Crippen LogP contribution in [0.1, 0.15) is 16.1 Å². The summed E-state index contributed by atoms with van der Waals surface area (Å²) in [4.78, 5) is 15.8. The van der Waals surface area contributed by atoms with E-state index in [-0.39, 0.29) is 17.3 Å². The third-order valence-electron chi connectivity index (χ3n) is 2.72. The van der Waals surface area contributed by atoms with Crippen molar-refractivity contribution < 1.29 is 22.7 Å². The van der Waals surface area contributed by atoms with Gasteiger partial charge < -0.3 is 4.74 Å². The zero-order valence-corrected chi connectivity index (χ0v) is 14.9. The molecule has 11 heteroatoms. The molecule has 0 aliphatic carbocycles. The van der Waals surface area contributed by atoms with Crippen molar-refractivity contribution in [3.05, 3.63) is 53.7 Å². The predicted octanol–water partition coefficient (Wildman–Crippen LogP) is 4.98. The van der Waals surface area contributed by atoms with E-state index in [9.17, 15) is 18.0 Å². The van der Waals surface area contributed by atoms with Gasteiger partial charge in [0.05, 0.1) is 11.8 Å². The highest BCUT2D eigenvalue weighted by atomic mass is 35.6. The van der Waals surface area contributed by atoms with Gasteiger partial charge in [0.25, 0.3) is 5.91 Å². The maximum absolute atomic E-state index is 12.7. The summed E-state index contributed by atoms with van der Waals surface area (Å²) in [5, 5.41) is 3.45. The number of alkyl halides is 6. The highest BCUT2D eigenvalue weighted by molar-refractivity contribution is 6.74. The Morgan fingerprint density at radius 2 is 1.85 bits per heavy atom. The van der Waals surface area contributed by atoms with Crippen molar-refractivity contribution in [3.63, 3.8) is 0 Å². The van der Waals surface area contributed by atoms with Crippen molar-refractivity contribution >= 4 is 46.9 Å². The topological polar surface area (TPSA) is 63.6 Å². The smallest absolute Gasteiger partial charge is 0.416 e. The molecule has 1 aromatic carbocycles.